The number of hydrogen-bond donors (Lipinski definition) is 2. The molecule has 0 bridgehead atoms. The summed E-state index contributed by atoms with van der Waals surface area (Å²) in [6, 6.07) is 19.0. The predicted octanol–water partition coefficient (Wildman–Crippen LogP) is 7.87. The summed E-state index contributed by atoms with van der Waals surface area (Å²) in [5, 5.41) is 14.6. The first kappa shape index (κ1) is 39.0. The van der Waals surface area contributed by atoms with Crippen LogP contribution in [0.5, 0.6) is 23.0 Å². The van der Waals surface area contributed by atoms with E-state index in [-0.39, 0.29) is 13.2 Å². The molecule has 0 amide bonds. The average molecular weight is 735 g/mol. The van der Waals surface area contributed by atoms with Crippen molar-refractivity contribution in [2.45, 2.75) is 41.2 Å². The van der Waals surface area contributed by atoms with Gasteiger partial charge in [0.1, 0.15) is 28.6 Å². The lowest BCUT2D eigenvalue weighted by atomic mass is 10.1. The number of carbonyl (C=O) groups excluding carboxylic acids is 1. The van der Waals surface area contributed by atoms with Crippen molar-refractivity contribution < 1.29 is 33.6 Å². The molecule has 54 heavy (non-hydrogen) atoms. The molecule has 0 aliphatic carbocycles. The molecule has 0 saturated heterocycles. The molecule has 0 aliphatic heterocycles. The summed E-state index contributed by atoms with van der Waals surface area (Å²) in [5.41, 5.74) is 6.91. The number of esters is 1. The third kappa shape index (κ3) is 8.69. The number of aryl methyl sites for hydroxylation is 2. The predicted molar refractivity (Wildman–Crippen MR) is 210 cm³/mol. The maximum atomic E-state index is 12.7. The Balaban J connectivity index is 0.000000210. The van der Waals surface area contributed by atoms with Crippen molar-refractivity contribution in [2.24, 2.45) is 0 Å². The van der Waals surface area contributed by atoms with Crippen LogP contribution in [0.25, 0.3) is 22.1 Å². The van der Waals surface area contributed by atoms with Gasteiger partial charge in [0.05, 0.1) is 63.4 Å². The second-order valence-electron chi connectivity index (χ2n) is 11.9. The Bertz CT molecular complexity index is 2210. The zero-order chi connectivity index (χ0) is 38.8. The number of ether oxygens (including phenoxy) is 5. The molecule has 4 aromatic heterocycles. The summed E-state index contributed by atoms with van der Waals surface area (Å²) < 4.78 is 27.1. The topological polar surface area (TPSA) is 150 Å². The number of aliphatic hydroxyl groups is 1. The van der Waals surface area contributed by atoms with Gasteiger partial charge in [-0.2, -0.15) is 0 Å². The highest BCUT2D eigenvalue weighted by Gasteiger charge is 2.23. The van der Waals surface area contributed by atoms with Gasteiger partial charge in [-0.3, -0.25) is 0 Å². The fourth-order valence-corrected chi connectivity index (χ4v) is 5.76. The molecule has 0 spiro atoms. The zero-order valence-electron chi connectivity index (χ0n) is 31.9. The normalized spacial score (nSPS) is 10.7. The van der Waals surface area contributed by atoms with E-state index in [9.17, 15) is 9.90 Å². The summed E-state index contributed by atoms with van der Waals surface area (Å²) in [6.45, 7) is 10.6. The Labute approximate surface area is 314 Å². The van der Waals surface area contributed by atoms with Gasteiger partial charge in [0.25, 0.3) is 0 Å². The first-order chi connectivity index (χ1) is 26.1. The quantitative estimate of drug-likeness (QED) is 0.111. The highest BCUT2D eigenvalue weighted by molar-refractivity contribution is 6.06. The third-order valence-corrected chi connectivity index (χ3v) is 8.47. The summed E-state index contributed by atoms with van der Waals surface area (Å²) in [4.78, 5) is 32.4. The maximum absolute atomic E-state index is 12.7. The van der Waals surface area contributed by atoms with Crippen molar-refractivity contribution in [3.8, 4) is 23.0 Å². The van der Waals surface area contributed by atoms with Gasteiger partial charge in [-0.15, -0.1) is 0 Å². The van der Waals surface area contributed by atoms with Crippen molar-refractivity contribution in [2.75, 3.05) is 51.3 Å². The Morgan fingerprint density at radius 3 is 1.83 bits per heavy atom. The molecular weight excluding hydrogens is 688 g/mol. The molecule has 13 heteroatoms. The van der Waals surface area contributed by atoms with Gasteiger partial charge < -0.3 is 39.0 Å². The lowest BCUT2D eigenvalue weighted by Gasteiger charge is -2.24. The molecule has 0 aliphatic rings. The second-order valence-corrected chi connectivity index (χ2v) is 11.9. The number of anilines is 4. The number of hydrogen-bond acceptors (Lipinski definition) is 13. The van der Waals surface area contributed by atoms with Crippen LogP contribution in [-0.2, 0) is 11.3 Å². The van der Waals surface area contributed by atoms with Crippen molar-refractivity contribution in [3.63, 3.8) is 0 Å². The number of aromatic nitrogens is 4. The van der Waals surface area contributed by atoms with Crippen LogP contribution < -0.4 is 29.2 Å². The molecule has 0 unspecified atom stereocenters. The number of carbonyl (C=O) groups is 1. The van der Waals surface area contributed by atoms with Gasteiger partial charge in [0, 0.05) is 47.2 Å². The number of nitrogens with one attached hydrogen (secondary N) is 1. The van der Waals surface area contributed by atoms with Crippen LogP contribution in [0.1, 0.15) is 48.1 Å². The van der Waals surface area contributed by atoms with Gasteiger partial charge in [0.2, 0.25) is 0 Å². The molecule has 0 fully saturated rings. The Hall–Kier alpha value is -6.21. The Kier molecular flexibility index (Phi) is 13.0. The Morgan fingerprint density at radius 1 is 0.759 bits per heavy atom. The minimum Gasteiger partial charge on any atom is -0.497 e. The number of pyridine rings is 4. The molecule has 6 aromatic rings. The molecule has 2 N–H and O–H groups in total. The highest BCUT2D eigenvalue weighted by atomic mass is 16.5. The first-order valence-corrected chi connectivity index (χ1v) is 17.6. The molecule has 6 rings (SSSR count). The van der Waals surface area contributed by atoms with Crippen molar-refractivity contribution in [3.05, 3.63) is 95.6 Å². The minimum atomic E-state index is -0.434. The first-order valence-electron chi connectivity index (χ1n) is 17.6. The summed E-state index contributed by atoms with van der Waals surface area (Å²) in [6.07, 6.45) is 3.16. The molecule has 13 nitrogen and oxygen atoms in total. The van der Waals surface area contributed by atoms with Crippen molar-refractivity contribution in [1.82, 2.24) is 19.9 Å². The number of fused-ring (bicyclic) bond motifs is 2. The van der Waals surface area contributed by atoms with E-state index in [4.69, 9.17) is 23.7 Å². The maximum Gasteiger partial charge on any atom is 0.341 e. The molecule has 0 saturated carbocycles. The lowest BCUT2D eigenvalue weighted by molar-refractivity contribution is 0.0527. The van der Waals surface area contributed by atoms with E-state index in [1.165, 1.54) is 6.20 Å². The van der Waals surface area contributed by atoms with E-state index < -0.39 is 5.97 Å². The van der Waals surface area contributed by atoms with Gasteiger partial charge in [0.15, 0.2) is 11.3 Å². The number of rotatable bonds is 13. The zero-order valence-corrected chi connectivity index (χ0v) is 31.9. The van der Waals surface area contributed by atoms with Crippen LogP contribution in [0, 0.1) is 13.8 Å². The van der Waals surface area contributed by atoms with Crippen LogP contribution in [0.3, 0.4) is 0 Å². The number of benzene rings is 2. The lowest BCUT2D eigenvalue weighted by Crippen LogP contribution is -2.17. The summed E-state index contributed by atoms with van der Waals surface area (Å²) in [7, 11) is 5.14. The van der Waals surface area contributed by atoms with Crippen molar-refractivity contribution in [1.29, 1.82) is 0 Å². The monoisotopic (exact) mass is 734 g/mol. The van der Waals surface area contributed by atoms with Crippen LogP contribution in [0.2, 0.25) is 0 Å². The molecule has 0 radical (unpaired) electrons. The molecular formula is C41H46N6O7. The van der Waals surface area contributed by atoms with E-state index in [0.717, 1.165) is 45.3 Å². The second kappa shape index (κ2) is 18.0. The number of nitrogens with zero attached hydrogens (tertiary/aromatic N) is 5. The molecule has 0 atom stereocenters. The largest absolute Gasteiger partial charge is 0.497 e. The standard InChI is InChI=1S/C22H25N3O4.C19H21N3O3/c1-6-28-19-12-17-20(25(4)15-8-10-16(27-5)11-9-15)18(22(26)29-7-2)13-23-21(17)24-14(19)3;1-4-25-17-9-16-18(22-14-5-7-15(24-3)8-6-14)13(11-23)10-20-19(16)21-12(17)2/h8-13H,6-7H2,1-5H3;5-10,23H,4,11H2,1-3H3,(H,20,21,22). The average Bonchev–Trinajstić information content (AvgIpc) is 3.19. The van der Waals surface area contributed by atoms with E-state index in [2.05, 4.69) is 25.3 Å². The molecule has 2 aromatic carbocycles. The summed E-state index contributed by atoms with van der Waals surface area (Å²) in [5.74, 6) is 2.47. The van der Waals surface area contributed by atoms with Crippen molar-refractivity contribution >= 4 is 50.8 Å². The number of methoxy groups -OCH3 is 2. The fraction of sp³-hybridized carbons (Fsp3) is 0.293. The van der Waals surface area contributed by atoms with E-state index in [0.29, 0.717) is 58.2 Å². The van der Waals surface area contributed by atoms with Gasteiger partial charge in [-0.05, 0) is 95.3 Å². The van der Waals surface area contributed by atoms with Crippen LogP contribution in [0.4, 0.5) is 22.7 Å². The highest BCUT2D eigenvalue weighted by Crippen LogP contribution is 2.37. The SMILES string of the molecule is CCOC(=O)c1cnc2nc(C)c(OCC)cc2c1N(C)c1ccc(OC)cc1.CCOc1cc2c(Nc3ccc(OC)cc3)c(CO)cnc2nc1C. The van der Waals surface area contributed by atoms with Gasteiger partial charge in [-0.1, -0.05) is 0 Å². The van der Waals surface area contributed by atoms with Crippen LogP contribution in [0.15, 0.2) is 73.1 Å². The van der Waals surface area contributed by atoms with Crippen LogP contribution >= 0.6 is 0 Å². The van der Waals surface area contributed by atoms with E-state index in [1.54, 1.807) is 27.3 Å². The fourth-order valence-electron chi connectivity index (χ4n) is 5.76. The van der Waals surface area contributed by atoms with Crippen LogP contribution in [-0.4, -0.2) is 72.1 Å². The van der Waals surface area contributed by atoms with E-state index >= 15 is 0 Å². The summed E-state index contributed by atoms with van der Waals surface area (Å²) >= 11 is 0. The molecule has 282 valence electrons. The molecule has 4 heterocycles. The smallest absolute Gasteiger partial charge is 0.341 e. The minimum absolute atomic E-state index is 0.126. The third-order valence-electron chi connectivity index (χ3n) is 8.47. The van der Waals surface area contributed by atoms with E-state index in [1.807, 2.05) is 100 Å². The number of aliphatic hydroxyl groups excluding tert-OH is 1. The van der Waals surface area contributed by atoms with Gasteiger partial charge >= 0.3 is 5.97 Å². The Morgan fingerprint density at radius 2 is 1.30 bits per heavy atom. The van der Waals surface area contributed by atoms with Gasteiger partial charge in [-0.25, -0.2) is 24.7 Å².